The minimum absolute atomic E-state index is 0.0430. The Bertz CT molecular complexity index is 364. The molecular weight excluding hydrogens is 206 g/mol. The van der Waals surface area contributed by atoms with Gasteiger partial charge in [-0.1, -0.05) is 6.92 Å². The van der Waals surface area contributed by atoms with Crippen molar-refractivity contribution in [1.82, 2.24) is 9.97 Å². The van der Waals surface area contributed by atoms with Crippen LogP contribution in [0, 0.1) is 5.41 Å². The quantitative estimate of drug-likeness (QED) is 0.802. The molecule has 0 spiro atoms. The second-order valence-corrected chi connectivity index (χ2v) is 4.61. The minimum atomic E-state index is -0.0430. The number of rotatable bonds is 4. The predicted molar refractivity (Wildman–Crippen MR) is 60.2 cm³/mol. The van der Waals surface area contributed by atoms with Gasteiger partial charge in [0.1, 0.15) is 0 Å². The van der Waals surface area contributed by atoms with E-state index in [2.05, 4.69) is 21.8 Å². The lowest BCUT2D eigenvalue weighted by Crippen LogP contribution is -2.57. The highest BCUT2D eigenvalue weighted by Crippen LogP contribution is 2.32. The van der Waals surface area contributed by atoms with Gasteiger partial charge >= 0.3 is 0 Å². The van der Waals surface area contributed by atoms with Crippen LogP contribution in [0.3, 0.4) is 0 Å². The first-order valence-electron chi connectivity index (χ1n) is 5.33. The third kappa shape index (κ3) is 2.15. The molecule has 0 bridgehead atoms. The fourth-order valence-electron chi connectivity index (χ4n) is 2.08. The number of aromatic nitrogens is 2. The standard InChI is InChI=1S/C11H17N3O2/c1-11(8-16-2)6-14(7-11)10-12-4-3-9(5-15)13-10/h3-4,15H,5-8H2,1-2H3. The van der Waals surface area contributed by atoms with Crippen LogP contribution in [0.4, 0.5) is 5.95 Å². The molecule has 1 aliphatic rings. The van der Waals surface area contributed by atoms with Gasteiger partial charge in [0, 0.05) is 31.8 Å². The lowest BCUT2D eigenvalue weighted by atomic mass is 9.83. The summed E-state index contributed by atoms with van der Waals surface area (Å²) < 4.78 is 5.17. The minimum Gasteiger partial charge on any atom is -0.390 e. The molecule has 1 aromatic rings. The van der Waals surface area contributed by atoms with E-state index in [1.54, 1.807) is 19.4 Å². The Kier molecular flexibility index (Phi) is 3.07. The number of aliphatic hydroxyl groups excluding tert-OH is 1. The lowest BCUT2D eigenvalue weighted by molar-refractivity contribution is 0.0692. The van der Waals surface area contributed by atoms with Crippen molar-refractivity contribution in [3.05, 3.63) is 18.0 Å². The van der Waals surface area contributed by atoms with Gasteiger partial charge in [-0.05, 0) is 6.07 Å². The number of nitrogens with zero attached hydrogens (tertiary/aromatic N) is 3. The zero-order chi connectivity index (χ0) is 11.6. The van der Waals surface area contributed by atoms with E-state index >= 15 is 0 Å². The van der Waals surface area contributed by atoms with Crippen LogP contribution in [0.1, 0.15) is 12.6 Å². The van der Waals surface area contributed by atoms with Gasteiger partial charge in [0.05, 0.1) is 18.9 Å². The van der Waals surface area contributed by atoms with E-state index < -0.39 is 0 Å². The van der Waals surface area contributed by atoms with Crippen molar-refractivity contribution in [3.63, 3.8) is 0 Å². The molecule has 0 aliphatic carbocycles. The van der Waals surface area contributed by atoms with Gasteiger partial charge < -0.3 is 14.7 Å². The average Bonchev–Trinajstić information content (AvgIpc) is 2.26. The molecule has 0 saturated carbocycles. The monoisotopic (exact) mass is 223 g/mol. The van der Waals surface area contributed by atoms with E-state index in [0.29, 0.717) is 11.6 Å². The predicted octanol–water partition coefficient (Wildman–Crippen LogP) is 0.442. The fraction of sp³-hybridized carbons (Fsp3) is 0.636. The molecule has 0 unspecified atom stereocenters. The zero-order valence-corrected chi connectivity index (χ0v) is 9.68. The van der Waals surface area contributed by atoms with Crippen molar-refractivity contribution >= 4 is 5.95 Å². The van der Waals surface area contributed by atoms with Gasteiger partial charge in [0.15, 0.2) is 0 Å². The summed E-state index contributed by atoms with van der Waals surface area (Å²) in [6, 6.07) is 1.72. The highest BCUT2D eigenvalue weighted by atomic mass is 16.5. The Labute approximate surface area is 95.1 Å². The van der Waals surface area contributed by atoms with Gasteiger partial charge in [0.25, 0.3) is 0 Å². The summed E-state index contributed by atoms with van der Waals surface area (Å²) in [7, 11) is 1.72. The van der Waals surface area contributed by atoms with E-state index in [1.165, 1.54) is 0 Å². The summed E-state index contributed by atoms with van der Waals surface area (Å²) in [4.78, 5) is 10.6. The largest absolute Gasteiger partial charge is 0.390 e. The first-order valence-corrected chi connectivity index (χ1v) is 5.33. The SMILES string of the molecule is COCC1(C)CN(c2nccc(CO)n2)C1. The van der Waals surface area contributed by atoms with Crippen molar-refractivity contribution in [2.75, 3.05) is 31.7 Å². The van der Waals surface area contributed by atoms with Crippen LogP contribution < -0.4 is 4.90 Å². The van der Waals surface area contributed by atoms with E-state index in [9.17, 15) is 0 Å². The smallest absolute Gasteiger partial charge is 0.225 e. The molecule has 1 N–H and O–H groups in total. The molecular formula is C11H17N3O2. The molecule has 1 saturated heterocycles. The van der Waals surface area contributed by atoms with Crippen LogP contribution in [0.25, 0.3) is 0 Å². The van der Waals surface area contributed by atoms with Crippen molar-refractivity contribution in [2.45, 2.75) is 13.5 Å². The molecule has 0 radical (unpaired) electrons. The molecule has 5 heteroatoms. The summed E-state index contributed by atoms with van der Waals surface area (Å²) in [5, 5.41) is 8.99. The molecule has 0 atom stereocenters. The zero-order valence-electron chi connectivity index (χ0n) is 9.68. The van der Waals surface area contributed by atoms with E-state index in [4.69, 9.17) is 9.84 Å². The van der Waals surface area contributed by atoms with E-state index in [1.807, 2.05) is 0 Å². The third-order valence-corrected chi connectivity index (χ3v) is 2.78. The highest BCUT2D eigenvalue weighted by Gasteiger charge is 2.40. The van der Waals surface area contributed by atoms with Crippen LogP contribution in [-0.2, 0) is 11.3 Å². The van der Waals surface area contributed by atoms with Gasteiger partial charge in [-0.25, -0.2) is 9.97 Å². The average molecular weight is 223 g/mol. The third-order valence-electron chi connectivity index (χ3n) is 2.78. The molecule has 16 heavy (non-hydrogen) atoms. The number of aliphatic hydroxyl groups is 1. The molecule has 0 amide bonds. The molecule has 1 fully saturated rings. The Hall–Kier alpha value is -1.20. The Balaban J connectivity index is 2.00. The highest BCUT2D eigenvalue weighted by molar-refractivity contribution is 5.36. The first kappa shape index (κ1) is 11.3. The summed E-state index contributed by atoms with van der Waals surface area (Å²) in [6.07, 6.45) is 1.68. The fourth-order valence-corrected chi connectivity index (χ4v) is 2.08. The first-order chi connectivity index (χ1) is 7.67. The summed E-state index contributed by atoms with van der Waals surface area (Å²) in [5.41, 5.74) is 0.859. The molecule has 0 aromatic carbocycles. The number of hydrogen-bond donors (Lipinski definition) is 1. The maximum Gasteiger partial charge on any atom is 0.225 e. The Morgan fingerprint density at radius 3 is 2.94 bits per heavy atom. The second kappa shape index (κ2) is 4.35. The van der Waals surface area contributed by atoms with Gasteiger partial charge in [-0.2, -0.15) is 0 Å². The number of methoxy groups -OCH3 is 1. The maximum absolute atomic E-state index is 8.99. The second-order valence-electron chi connectivity index (χ2n) is 4.61. The molecule has 1 aliphatic heterocycles. The molecule has 5 nitrogen and oxygen atoms in total. The number of ether oxygens (including phenoxy) is 1. The van der Waals surface area contributed by atoms with Crippen molar-refractivity contribution in [3.8, 4) is 0 Å². The van der Waals surface area contributed by atoms with Gasteiger partial charge in [-0.3, -0.25) is 0 Å². The summed E-state index contributed by atoms with van der Waals surface area (Å²) >= 11 is 0. The maximum atomic E-state index is 8.99. The van der Waals surface area contributed by atoms with Crippen LogP contribution in [0.5, 0.6) is 0 Å². The normalized spacial score (nSPS) is 18.3. The summed E-state index contributed by atoms with van der Waals surface area (Å²) in [6.45, 7) is 4.69. The lowest BCUT2D eigenvalue weighted by Gasteiger charge is -2.47. The van der Waals surface area contributed by atoms with Crippen LogP contribution in [0.2, 0.25) is 0 Å². The topological polar surface area (TPSA) is 58.5 Å². The van der Waals surface area contributed by atoms with E-state index in [-0.39, 0.29) is 12.0 Å². The van der Waals surface area contributed by atoms with Crippen molar-refractivity contribution < 1.29 is 9.84 Å². The van der Waals surface area contributed by atoms with Crippen LogP contribution in [-0.4, -0.2) is 41.9 Å². The van der Waals surface area contributed by atoms with Crippen molar-refractivity contribution in [2.24, 2.45) is 5.41 Å². The molecule has 88 valence electrons. The summed E-state index contributed by atoms with van der Waals surface area (Å²) in [5.74, 6) is 0.695. The van der Waals surface area contributed by atoms with Crippen LogP contribution in [0.15, 0.2) is 12.3 Å². The number of hydrogen-bond acceptors (Lipinski definition) is 5. The van der Waals surface area contributed by atoms with Gasteiger partial charge in [0.2, 0.25) is 5.95 Å². The Morgan fingerprint density at radius 1 is 1.56 bits per heavy atom. The van der Waals surface area contributed by atoms with E-state index in [0.717, 1.165) is 19.7 Å². The molecule has 2 heterocycles. The van der Waals surface area contributed by atoms with Crippen molar-refractivity contribution in [1.29, 1.82) is 0 Å². The molecule has 2 rings (SSSR count). The van der Waals surface area contributed by atoms with Crippen LogP contribution >= 0.6 is 0 Å². The molecule has 1 aromatic heterocycles. The number of anilines is 1. The van der Waals surface area contributed by atoms with Gasteiger partial charge in [-0.15, -0.1) is 0 Å². The Morgan fingerprint density at radius 2 is 2.31 bits per heavy atom.